The van der Waals surface area contributed by atoms with Crippen LogP contribution in [0.4, 0.5) is 5.82 Å². The van der Waals surface area contributed by atoms with Gasteiger partial charge in [0.1, 0.15) is 9.21 Å². The second kappa shape index (κ2) is 6.27. The normalized spacial score (nSPS) is 12.2. The standard InChI is InChI=1S/C9H12Br2N4O/c1-5(2-3-12)9(16)15-8-7(11)14-6(10)4-13-8/h4-5H,2-3,12H2,1H3,(H,13,15,16). The van der Waals surface area contributed by atoms with Gasteiger partial charge in [0.05, 0.1) is 6.20 Å². The Balaban J connectivity index is 2.69. The predicted molar refractivity (Wildman–Crippen MR) is 68.9 cm³/mol. The fourth-order valence-corrected chi connectivity index (χ4v) is 1.96. The molecule has 5 nitrogen and oxygen atoms in total. The summed E-state index contributed by atoms with van der Waals surface area (Å²) in [6.45, 7) is 2.31. The second-order valence-corrected chi connectivity index (χ2v) is 4.86. The van der Waals surface area contributed by atoms with Gasteiger partial charge in [0.15, 0.2) is 5.82 Å². The maximum atomic E-state index is 11.7. The number of nitrogens with zero attached hydrogens (tertiary/aromatic N) is 2. The number of hydrogen-bond donors (Lipinski definition) is 2. The molecule has 0 saturated carbocycles. The SMILES string of the molecule is CC(CCN)C(=O)Nc1ncc(Br)nc1Br. The molecule has 1 rings (SSSR count). The highest BCUT2D eigenvalue weighted by molar-refractivity contribution is 9.11. The van der Waals surface area contributed by atoms with Crippen LogP contribution in [0.15, 0.2) is 15.4 Å². The minimum atomic E-state index is -0.137. The Labute approximate surface area is 110 Å². The molecule has 0 bridgehead atoms. The van der Waals surface area contributed by atoms with Crippen LogP contribution in [-0.2, 0) is 4.79 Å². The van der Waals surface area contributed by atoms with Crippen LogP contribution >= 0.6 is 31.9 Å². The molecule has 3 N–H and O–H groups in total. The molecule has 0 aliphatic carbocycles. The third-order valence-electron chi connectivity index (χ3n) is 1.99. The maximum Gasteiger partial charge on any atom is 0.228 e. The summed E-state index contributed by atoms with van der Waals surface area (Å²) in [5.41, 5.74) is 5.39. The van der Waals surface area contributed by atoms with E-state index in [1.807, 2.05) is 6.92 Å². The number of anilines is 1. The molecule has 0 aromatic carbocycles. The van der Waals surface area contributed by atoms with E-state index in [1.165, 1.54) is 6.20 Å². The monoisotopic (exact) mass is 350 g/mol. The molecule has 88 valence electrons. The molecule has 0 spiro atoms. The molecular weight excluding hydrogens is 340 g/mol. The maximum absolute atomic E-state index is 11.7. The molecule has 0 fully saturated rings. The zero-order chi connectivity index (χ0) is 12.1. The van der Waals surface area contributed by atoms with Gasteiger partial charge in [-0.3, -0.25) is 4.79 Å². The number of rotatable bonds is 4. The minimum absolute atomic E-state index is 0.109. The predicted octanol–water partition coefficient (Wildman–Crippen LogP) is 1.92. The lowest BCUT2D eigenvalue weighted by molar-refractivity contribution is -0.119. The van der Waals surface area contributed by atoms with Gasteiger partial charge in [0.2, 0.25) is 5.91 Å². The number of nitrogens with one attached hydrogen (secondary N) is 1. The Morgan fingerprint density at radius 1 is 1.62 bits per heavy atom. The molecule has 7 heteroatoms. The number of amides is 1. The van der Waals surface area contributed by atoms with Crippen LogP contribution in [-0.4, -0.2) is 22.4 Å². The first kappa shape index (κ1) is 13.5. The fourth-order valence-electron chi connectivity index (χ4n) is 1.05. The molecule has 1 atom stereocenters. The van der Waals surface area contributed by atoms with E-state index in [2.05, 4.69) is 47.1 Å². The van der Waals surface area contributed by atoms with E-state index in [-0.39, 0.29) is 11.8 Å². The van der Waals surface area contributed by atoms with E-state index in [4.69, 9.17) is 5.73 Å². The van der Waals surface area contributed by atoms with Gasteiger partial charge in [-0.05, 0) is 44.8 Å². The third kappa shape index (κ3) is 3.80. The second-order valence-electron chi connectivity index (χ2n) is 3.30. The van der Waals surface area contributed by atoms with Crippen LogP contribution in [0.5, 0.6) is 0 Å². The van der Waals surface area contributed by atoms with Crippen LogP contribution in [0.2, 0.25) is 0 Å². The smallest absolute Gasteiger partial charge is 0.228 e. The first-order valence-electron chi connectivity index (χ1n) is 4.73. The molecule has 0 radical (unpaired) electrons. The van der Waals surface area contributed by atoms with Crippen molar-refractivity contribution < 1.29 is 4.79 Å². The minimum Gasteiger partial charge on any atom is -0.330 e. The summed E-state index contributed by atoms with van der Waals surface area (Å²) in [4.78, 5) is 19.8. The average molecular weight is 352 g/mol. The fraction of sp³-hybridized carbons (Fsp3) is 0.444. The van der Waals surface area contributed by atoms with E-state index in [0.29, 0.717) is 28.0 Å². The highest BCUT2D eigenvalue weighted by Gasteiger charge is 2.14. The van der Waals surface area contributed by atoms with Crippen LogP contribution in [0.25, 0.3) is 0 Å². The van der Waals surface area contributed by atoms with E-state index in [0.717, 1.165) is 0 Å². The van der Waals surface area contributed by atoms with Crippen molar-refractivity contribution in [1.29, 1.82) is 0 Å². The Morgan fingerprint density at radius 3 is 2.88 bits per heavy atom. The zero-order valence-electron chi connectivity index (χ0n) is 8.70. The van der Waals surface area contributed by atoms with E-state index >= 15 is 0 Å². The average Bonchev–Trinajstić information content (AvgIpc) is 2.22. The first-order chi connectivity index (χ1) is 7.54. The van der Waals surface area contributed by atoms with Gasteiger partial charge in [-0.15, -0.1) is 0 Å². The highest BCUT2D eigenvalue weighted by atomic mass is 79.9. The molecule has 0 aliphatic heterocycles. The van der Waals surface area contributed by atoms with E-state index in [9.17, 15) is 4.79 Å². The molecule has 1 aromatic rings. The van der Waals surface area contributed by atoms with Gasteiger partial charge < -0.3 is 11.1 Å². The Morgan fingerprint density at radius 2 is 2.31 bits per heavy atom. The molecule has 1 aromatic heterocycles. The van der Waals surface area contributed by atoms with Crippen molar-refractivity contribution in [3.8, 4) is 0 Å². The Hall–Kier alpha value is -0.530. The highest BCUT2D eigenvalue weighted by Crippen LogP contribution is 2.20. The number of carbonyl (C=O) groups excluding carboxylic acids is 1. The van der Waals surface area contributed by atoms with Crippen molar-refractivity contribution >= 4 is 43.6 Å². The van der Waals surface area contributed by atoms with Crippen LogP contribution < -0.4 is 11.1 Å². The van der Waals surface area contributed by atoms with Crippen molar-refractivity contribution in [1.82, 2.24) is 9.97 Å². The lowest BCUT2D eigenvalue weighted by Crippen LogP contribution is -2.23. The Bertz CT molecular complexity index is 386. The summed E-state index contributed by atoms with van der Waals surface area (Å²) in [6, 6.07) is 0. The molecule has 1 heterocycles. The zero-order valence-corrected chi connectivity index (χ0v) is 11.9. The number of carbonyl (C=O) groups is 1. The molecule has 0 saturated heterocycles. The topological polar surface area (TPSA) is 80.9 Å². The lowest BCUT2D eigenvalue weighted by Gasteiger charge is -2.10. The van der Waals surface area contributed by atoms with Gasteiger partial charge in [-0.1, -0.05) is 6.92 Å². The summed E-state index contributed by atoms with van der Waals surface area (Å²) < 4.78 is 1.10. The largest absolute Gasteiger partial charge is 0.330 e. The number of halogens is 2. The van der Waals surface area contributed by atoms with Gasteiger partial charge in [0.25, 0.3) is 0 Å². The lowest BCUT2D eigenvalue weighted by atomic mass is 10.1. The van der Waals surface area contributed by atoms with Crippen molar-refractivity contribution in [2.24, 2.45) is 11.7 Å². The van der Waals surface area contributed by atoms with Crippen LogP contribution in [0, 0.1) is 5.92 Å². The quantitative estimate of drug-likeness (QED) is 0.868. The Kier molecular flexibility index (Phi) is 5.30. The van der Waals surface area contributed by atoms with E-state index < -0.39 is 0 Å². The van der Waals surface area contributed by atoms with E-state index in [1.54, 1.807) is 0 Å². The van der Waals surface area contributed by atoms with Crippen molar-refractivity contribution in [2.75, 3.05) is 11.9 Å². The first-order valence-corrected chi connectivity index (χ1v) is 6.32. The van der Waals surface area contributed by atoms with Crippen molar-refractivity contribution in [3.63, 3.8) is 0 Å². The summed E-state index contributed by atoms with van der Waals surface area (Å²) in [5.74, 6) is 0.169. The summed E-state index contributed by atoms with van der Waals surface area (Å²) in [7, 11) is 0. The molecule has 0 aliphatic rings. The number of hydrogen-bond acceptors (Lipinski definition) is 4. The van der Waals surface area contributed by atoms with Gasteiger partial charge in [-0.25, -0.2) is 9.97 Å². The molecule has 1 amide bonds. The van der Waals surface area contributed by atoms with Gasteiger partial charge in [0, 0.05) is 5.92 Å². The summed E-state index contributed by atoms with van der Waals surface area (Å²) in [5, 5.41) is 2.69. The van der Waals surface area contributed by atoms with Gasteiger partial charge >= 0.3 is 0 Å². The van der Waals surface area contributed by atoms with Crippen LogP contribution in [0.3, 0.4) is 0 Å². The molecular formula is C9H12Br2N4O. The van der Waals surface area contributed by atoms with Gasteiger partial charge in [-0.2, -0.15) is 0 Å². The third-order valence-corrected chi connectivity index (χ3v) is 2.92. The number of nitrogens with two attached hydrogens (primary N) is 1. The van der Waals surface area contributed by atoms with Crippen LogP contribution in [0.1, 0.15) is 13.3 Å². The summed E-state index contributed by atoms with van der Waals surface area (Å²) in [6.07, 6.45) is 2.17. The van der Waals surface area contributed by atoms with Crippen molar-refractivity contribution in [2.45, 2.75) is 13.3 Å². The molecule has 1 unspecified atom stereocenters. The van der Waals surface area contributed by atoms with Crippen molar-refractivity contribution in [3.05, 3.63) is 15.4 Å². The number of aromatic nitrogens is 2. The summed E-state index contributed by atoms with van der Waals surface area (Å²) >= 11 is 6.40. The molecule has 16 heavy (non-hydrogen) atoms.